The first kappa shape index (κ1) is 20.3. The van der Waals surface area contributed by atoms with Crippen LogP contribution in [0.2, 0.25) is 0 Å². The van der Waals surface area contributed by atoms with Crippen molar-refractivity contribution < 1.29 is 23.2 Å². The standard InChI is InChI=1S/C16H23N3O6S/c1-12-10-14(19(22)23)5-6-15(12)26(24,25)18-8-3-4-13(7-9-18)17(2)11-16(20)21/h5-6,10,13H,3-4,7-9,11H2,1-2H3,(H,20,21). The van der Waals surface area contributed by atoms with Crippen LogP contribution in [0.5, 0.6) is 0 Å². The second-order valence-corrected chi connectivity index (χ2v) is 8.41. The Hall–Kier alpha value is -2.04. The fourth-order valence-electron chi connectivity index (χ4n) is 3.25. The van der Waals surface area contributed by atoms with E-state index in [0.717, 1.165) is 6.42 Å². The predicted octanol–water partition coefficient (Wildman–Crippen LogP) is 1.46. The minimum atomic E-state index is -3.75. The van der Waals surface area contributed by atoms with Crippen molar-refractivity contribution >= 4 is 21.7 Å². The van der Waals surface area contributed by atoms with Crippen molar-refractivity contribution in [2.24, 2.45) is 0 Å². The third kappa shape index (κ3) is 4.57. The molecule has 144 valence electrons. The fourth-order valence-corrected chi connectivity index (χ4v) is 4.95. The second-order valence-electron chi connectivity index (χ2n) is 6.50. The molecule has 1 saturated heterocycles. The van der Waals surface area contributed by atoms with Crippen LogP contribution >= 0.6 is 0 Å². The van der Waals surface area contributed by atoms with E-state index in [-0.39, 0.29) is 29.7 Å². The molecular formula is C16H23N3O6S. The van der Waals surface area contributed by atoms with Gasteiger partial charge in [0.15, 0.2) is 0 Å². The monoisotopic (exact) mass is 385 g/mol. The molecule has 1 aliphatic heterocycles. The molecule has 2 rings (SSSR count). The number of aliphatic carboxylic acids is 1. The van der Waals surface area contributed by atoms with Crippen LogP contribution in [0.4, 0.5) is 5.69 Å². The highest BCUT2D eigenvalue weighted by atomic mass is 32.2. The molecule has 1 N–H and O–H groups in total. The molecule has 10 heteroatoms. The molecule has 1 atom stereocenters. The van der Waals surface area contributed by atoms with Gasteiger partial charge in [-0.3, -0.25) is 19.8 Å². The van der Waals surface area contributed by atoms with Gasteiger partial charge in [-0.2, -0.15) is 4.31 Å². The molecule has 0 aromatic heterocycles. The van der Waals surface area contributed by atoms with Gasteiger partial charge in [0.05, 0.1) is 16.4 Å². The lowest BCUT2D eigenvalue weighted by molar-refractivity contribution is -0.385. The Labute approximate surface area is 152 Å². The maximum Gasteiger partial charge on any atom is 0.317 e. The van der Waals surface area contributed by atoms with E-state index in [2.05, 4.69) is 0 Å². The van der Waals surface area contributed by atoms with Gasteiger partial charge in [-0.05, 0) is 44.9 Å². The van der Waals surface area contributed by atoms with Gasteiger partial charge in [0, 0.05) is 31.3 Å². The Bertz CT molecular complexity index is 795. The summed E-state index contributed by atoms with van der Waals surface area (Å²) in [5.41, 5.74) is 0.190. The lowest BCUT2D eigenvalue weighted by atomic mass is 10.1. The van der Waals surface area contributed by atoms with Gasteiger partial charge in [-0.1, -0.05) is 0 Å². The van der Waals surface area contributed by atoms with Gasteiger partial charge in [0.1, 0.15) is 0 Å². The number of non-ortho nitro benzene ring substituents is 1. The van der Waals surface area contributed by atoms with Gasteiger partial charge in [-0.15, -0.1) is 0 Å². The van der Waals surface area contributed by atoms with Crippen molar-refractivity contribution in [3.05, 3.63) is 33.9 Å². The zero-order chi connectivity index (χ0) is 19.5. The third-order valence-corrected chi connectivity index (χ3v) is 6.71. The Balaban J connectivity index is 2.17. The van der Waals surface area contributed by atoms with Crippen LogP contribution in [0, 0.1) is 17.0 Å². The summed E-state index contributed by atoms with van der Waals surface area (Å²) in [5.74, 6) is -0.914. The first-order chi connectivity index (χ1) is 12.1. The minimum Gasteiger partial charge on any atom is -0.480 e. The molecule has 0 aliphatic carbocycles. The summed E-state index contributed by atoms with van der Waals surface area (Å²) in [6, 6.07) is 3.74. The number of likely N-dealkylation sites (N-methyl/N-ethyl adjacent to an activating group) is 1. The normalized spacial score (nSPS) is 19.3. The molecular weight excluding hydrogens is 362 g/mol. The molecule has 1 unspecified atom stereocenters. The van der Waals surface area contributed by atoms with Crippen LogP contribution in [0.15, 0.2) is 23.1 Å². The van der Waals surface area contributed by atoms with Gasteiger partial charge < -0.3 is 5.11 Å². The zero-order valence-corrected chi connectivity index (χ0v) is 15.6. The van der Waals surface area contributed by atoms with Crippen molar-refractivity contribution in [3.63, 3.8) is 0 Å². The molecule has 0 amide bonds. The average molecular weight is 385 g/mol. The van der Waals surface area contributed by atoms with E-state index in [1.54, 1.807) is 18.9 Å². The highest BCUT2D eigenvalue weighted by Crippen LogP contribution is 2.26. The van der Waals surface area contributed by atoms with E-state index >= 15 is 0 Å². The third-order valence-electron chi connectivity index (χ3n) is 4.65. The molecule has 9 nitrogen and oxygen atoms in total. The number of hydrogen-bond acceptors (Lipinski definition) is 6. The zero-order valence-electron chi connectivity index (χ0n) is 14.8. The fraction of sp³-hybridized carbons (Fsp3) is 0.562. The van der Waals surface area contributed by atoms with Crippen molar-refractivity contribution in [2.45, 2.75) is 37.1 Å². The van der Waals surface area contributed by atoms with Crippen LogP contribution in [0.3, 0.4) is 0 Å². The van der Waals surface area contributed by atoms with E-state index in [4.69, 9.17) is 5.11 Å². The van der Waals surface area contributed by atoms with E-state index < -0.39 is 20.9 Å². The molecule has 26 heavy (non-hydrogen) atoms. The Morgan fingerprint density at radius 2 is 2.08 bits per heavy atom. The lowest BCUT2D eigenvalue weighted by Crippen LogP contribution is -2.37. The molecule has 1 aromatic carbocycles. The van der Waals surface area contributed by atoms with E-state index in [9.17, 15) is 23.3 Å². The summed E-state index contributed by atoms with van der Waals surface area (Å²) in [6.45, 7) is 2.09. The first-order valence-electron chi connectivity index (χ1n) is 8.30. The van der Waals surface area contributed by atoms with Gasteiger partial charge in [0.25, 0.3) is 5.69 Å². The summed E-state index contributed by atoms with van der Waals surface area (Å²) < 4.78 is 27.3. The lowest BCUT2D eigenvalue weighted by Gasteiger charge is -2.25. The van der Waals surface area contributed by atoms with Crippen LogP contribution in [-0.2, 0) is 14.8 Å². The van der Waals surface area contributed by atoms with Gasteiger partial charge >= 0.3 is 5.97 Å². The number of hydrogen-bond donors (Lipinski definition) is 1. The Morgan fingerprint density at radius 1 is 1.38 bits per heavy atom. The highest BCUT2D eigenvalue weighted by Gasteiger charge is 2.30. The minimum absolute atomic E-state index is 0.00394. The number of rotatable bonds is 6. The maximum absolute atomic E-state index is 12.9. The van der Waals surface area contributed by atoms with Crippen molar-refractivity contribution in [1.29, 1.82) is 0 Å². The first-order valence-corrected chi connectivity index (χ1v) is 9.74. The van der Waals surface area contributed by atoms with Crippen molar-refractivity contribution in [2.75, 3.05) is 26.7 Å². The average Bonchev–Trinajstić information content (AvgIpc) is 2.80. The molecule has 1 fully saturated rings. The number of nitro benzene ring substituents is 1. The number of aryl methyl sites for hydroxylation is 1. The van der Waals surface area contributed by atoms with Crippen LogP contribution in [0.1, 0.15) is 24.8 Å². The molecule has 0 saturated carbocycles. The highest BCUT2D eigenvalue weighted by molar-refractivity contribution is 7.89. The number of carbonyl (C=O) groups is 1. The summed E-state index contributed by atoms with van der Waals surface area (Å²) >= 11 is 0. The summed E-state index contributed by atoms with van der Waals surface area (Å²) in [7, 11) is -2.03. The number of nitrogens with zero attached hydrogens (tertiary/aromatic N) is 3. The molecule has 0 bridgehead atoms. The Kier molecular flexibility index (Phi) is 6.32. The summed E-state index contributed by atoms with van der Waals surface area (Å²) in [4.78, 5) is 22.9. The molecule has 0 spiro atoms. The summed E-state index contributed by atoms with van der Waals surface area (Å²) in [6.07, 6.45) is 1.88. The SMILES string of the molecule is Cc1cc([N+](=O)[O-])ccc1S(=O)(=O)N1CCCC(N(C)CC(=O)O)CC1. The van der Waals surface area contributed by atoms with Crippen LogP contribution in [-0.4, -0.2) is 66.3 Å². The van der Waals surface area contributed by atoms with Crippen molar-refractivity contribution in [1.82, 2.24) is 9.21 Å². The largest absolute Gasteiger partial charge is 0.480 e. The molecule has 1 aromatic rings. The number of carboxylic acid groups (broad SMARTS) is 1. The number of sulfonamides is 1. The molecule has 1 aliphatic rings. The van der Waals surface area contributed by atoms with E-state index in [0.29, 0.717) is 24.9 Å². The summed E-state index contributed by atoms with van der Waals surface area (Å²) in [5, 5.41) is 19.7. The maximum atomic E-state index is 12.9. The van der Waals surface area contributed by atoms with Crippen molar-refractivity contribution in [3.8, 4) is 0 Å². The van der Waals surface area contributed by atoms with E-state index in [1.165, 1.54) is 22.5 Å². The number of carboxylic acids is 1. The second kappa shape index (κ2) is 8.11. The van der Waals surface area contributed by atoms with Gasteiger partial charge in [-0.25, -0.2) is 8.42 Å². The molecule has 1 heterocycles. The topological polar surface area (TPSA) is 121 Å². The smallest absolute Gasteiger partial charge is 0.317 e. The quantitative estimate of drug-likeness (QED) is 0.581. The molecule has 0 radical (unpaired) electrons. The number of nitro groups is 1. The Morgan fingerprint density at radius 3 is 2.65 bits per heavy atom. The van der Waals surface area contributed by atoms with Crippen LogP contribution < -0.4 is 0 Å². The van der Waals surface area contributed by atoms with E-state index in [1.807, 2.05) is 0 Å². The van der Waals surface area contributed by atoms with Crippen LogP contribution in [0.25, 0.3) is 0 Å². The number of benzene rings is 1. The van der Waals surface area contributed by atoms with Gasteiger partial charge in [0.2, 0.25) is 10.0 Å². The predicted molar refractivity (Wildman–Crippen MR) is 94.5 cm³/mol.